The molecule has 0 aliphatic heterocycles. The molecule has 90 valence electrons. The van der Waals surface area contributed by atoms with E-state index in [4.69, 9.17) is 23.1 Å². The fourth-order valence-corrected chi connectivity index (χ4v) is 1.60. The first-order valence-electron chi connectivity index (χ1n) is 4.78. The molecule has 0 bridgehead atoms. The molecule has 0 saturated heterocycles. The molecule has 6 N–H and O–H groups in total. The van der Waals surface area contributed by atoms with E-state index >= 15 is 0 Å². The van der Waals surface area contributed by atoms with Crippen molar-refractivity contribution in [3.05, 3.63) is 28.5 Å². The van der Waals surface area contributed by atoms with Gasteiger partial charge >= 0.3 is 0 Å². The van der Waals surface area contributed by atoms with Gasteiger partial charge in [-0.1, -0.05) is 11.6 Å². The van der Waals surface area contributed by atoms with Crippen molar-refractivity contribution >= 4 is 17.3 Å². The maximum Gasteiger partial charge on any atom is 0.147 e. The molecule has 0 radical (unpaired) electrons. The van der Waals surface area contributed by atoms with Crippen LogP contribution in [0, 0.1) is 5.82 Å². The third-order valence-electron chi connectivity index (χ3n) is 2.27. The standard InChI is InChI=1S/C10H14ClFN2O2/c11-5-3-6(9(14)7(12)4-5)10(16)8(15)1-2-13/h3-4,8,10,15-16H,1-2,13-14H2. The molecule has 0 amide bonds. The molecule has 0 saturated carbocycles. The average Bonchev–Trinajstić information content (AvgIpc) is 2.22. The van der Waals surface area contributed by atoms with Crippen LogP contribution in [-0.4, -0.2) is 22.9 Å². The van der Waals surface area contributed by atoms with E-state index in [1.54, 1.807) is 0 Å². The maximum atomic E-state index is 13.2. The number of rotatable bonds is 4. The van der Waals surface area contributed by atoms with Gasteiger partial charge in [0, 0.05) is 10.6 Å². The zero-order chi connectivity index (χ0) is 12.3. The van der Waals surface area contributed by atoms with Crippen LogP contribution in [0.25, 0.3) is 0 Å². The van der Waals surface area contributed by atoms with Gasteiger partial charge in [0.1, 0.15) is 11.9 Å². The van der Waals surface area contributed by atoms with Crippen molar-refractivity contribution in [3.63, 3.8) is 0 Å². The van der Waals surface area contributed by atoms with Crippen molar-refractivity contribution in [2.75, 3.05) is 12.3 Å². The fourth-order valence-electron chi connectivity index (χ4n) is 1.39. The first-order chi connectivity index (χ1) is 7.47. The molecule has 0 aromatic heterocycles. The smallest absolute Gasteiger partial charge is 0.147 e. The molecular formula is C10H14ClFN2O2. The van der Waals surface area contributed by atoms with Crippen molar-refractivity contribution in [3.8, 4) is 0 Å². The summed E-state index contributed by atoms with van der Waals surface area (Å²) in [5.74, 6) is -0.721. The van der Waals surface area contributed by atoms with Gasteiger partial charge in [0.2, 0.25) is 0 Å². The highest BCUT2D eigenvalue weighted by Crippen LogP contribution is 2.29. The molecule has 2 unspecified atom stereocenters. The minimum absolute atomic E-state index is 0.0750. The van der Waals surface area contributed by atoms with E-state index < -0.39 is 18.0 Å². The third kappa shape index (κ3) is 2.82. The zero-order valence-electron chi connectivity index (χ0n) is 8.53. The van der Waals surface area contributed by atoms with E-state index in [-0.39, 0.29) is 29.2 Å². The summed E-state index contributed by atoms with van der Waals surface area (Å²) in [6.07, 6.45) is -2.20. The molecule has 2 atom stereocenters. The third-order valence-corrected chi connectivity index (χ3v) is 2.49. The second-order valence-electron chi connectivity index (χ2n) is 3.48. The van der Waals surface area contributed by atoms with Gasteiger partial charge in [-0.2, -0.15) is 0 Å². The SMILES string of the molecule is NCCC(O)C(O)c1cc(Cl)cc(F)c1N. The molecule has 1 rings (SSSR count). The van der Waals surface area contributed by atoms with E-state index in [9.17, 15) is 14.6 Å². The van der Waals surface area contributed by atoms with Gasteiger partial charge in [0.25, 0.3) is 0 Å². The van der Waals surface area contributed by atoms with E-state index in [1.165, 1.54) is 6.07 Å². The Bertz CT molecular complexity index is 376. The average molecular weight is 249 g/mol. The van der Waals surface area contributed by atoms with Crippen LogP contribution in [0.3, 0.4) is 0 Å². The first kappa shape index (κ1) is 13.2. The van der Waals surface area contributed by atoms with Crippen molar-refractivity contribution in [2.24, 2.45) is 5.73 Å². The maximum absolute atomic E-state index is 13.2. The molecule has 0 heterocycles. The van der Waals surface area contributed by atoms with E-state index in [1.807, 2.05) is 0 Å². The highest BCUT2D eigenvalue weighted by molar-refractivity contribution is 6.30. The summed E-state index contributed by atoms with van der Waals surface area (Å²) in [5.41, 5.74) is 10.6. The van der Waals surface area contributed by atoms with Gasteiger partial charge in [-0.05, 0) is 25.1 Å². The van der Waals surface area contributed by atoms with Gasteiger partial charge in [0.05, 0.1) is 11.8 Å². The number of aliphatic hydroxyl groups excluding tert-OH is 2. The lowest BCUT2D eigenvalue weighted by atomic mass is 10.0. The summed E-state index contributed by atoms with van der Waals surface area (Å²) in [4.78, 5) is 0. The lowest BCUT2D eigenvalue weighted by Gasteiger charge is -2.19. The molecule has 1 aromatic rings. The Kier molecular flexibility index (Phi) is 4.49. The number of halogens is 2. The Morgan fingerprint density at radius 2 is 2.00 bits per heavy atom. The summed E-state index contributed by atoms with van der Waals surface area (Å²) in [6.45, 7) is 0.210. The topological polar surface area (TPSA) is 92.5 Å². The van der Waals surface area contributed by atoms with Crippen LogP contribution in [0.4, 0.5) is 10.1 Å². The van der Waals surface area contributed by atoms with Crippen LogP contribution in [0.1, 0.15) is 18.1 Å². The van der Waals surface area contributed by atoms with E-state index in [2.05, 4.69) is 0 Å². The second-order valence-corrected chi connectivity index (χ2v) is 3.92. The van der Waals surface area contributed by atoms with Crippen LogP contribution in [0.2, 0.25) is 5.02 Å². The number of anilines is 1. The molecule has 4 nitrogen and oxygen atoms in total. The normalized spacial score (nSPS) is 14.8. The molecule has 0 aliphatic carbocycles. The van der Waals surface area contributed by atoms with Crippen molar-refractivity contribution in [1.29, 1.82) is 0 Å². The fraction of sp³-hybridized carbons (Fsp3) is 0.400. The van der Waals surface area contributed by atoms with Crippen molar-refractivity contribution in [2.45, 2.75) is 18.6 Å². The number of nitrogen functional groups attached to an aromatic ring is 1. The number of nitrogens with two attached hydrogens (primary N) is 2. The first-order valence-corrected chi connectivity index (χ1v) is 5.15. The Labute approximate surface area is 97.6 Å². The number of hydrogen-bond acceptors (Lipinski definition) is 4. The Morgan fingerprint density at radius 3 is 2.56 bits per heavy atom. The summed E-state index contributed by atoms with van der Waals surface area (Å²) >= 11 is 5.63. The molecular weight excluding hydrogens is 235 g/mol. The number of benzene rings is 1. The highest BCUT2D eigenvalue weighted by Gasteiger charge is 2.22. The predicted molar refractivity (Wildman–Crippen MR) is 60.5 cm³/mol. The van der Waals surface area contributed by atoms with E-state index in [0.29, 0.717) is 0 Å². The molecule has 0 spiro atoms. The quantitative estimate of drug-likeness (QED) is 0.593. The predicted octanol–water partition coefficient (Wildman–Crippen LogP) is 0.804. The Morgan fingerprint density at radius 1 is 1.38 bits per heavy atom. The van der Waals surface area contributed by atoms with Crippen LogP contribution >= 0.6 is 11.6 Å². The van der Waals surface area contributed by atoms with Crippen LogP contribution in [-0.2, 0) is 0 Å². The summed E-state index contributed by atoms with van der Waals surface area (Å²) in [7, 11) is 0. The van der Waals surface area contributed by atoms with E-state index in [0.717, 1.165) is 6.07 Å². The van der Waals surface area contributed by atoms with Gasteiger partial charge in [-0.15, -0.1) is 0 Å². The van der Waals surface area contributed by atoms with Gasteiger partial charge in [0.15, 0.2) is 0 Å². The molecule has 16 heavy (non-hydrogen) atoms. The minimum atomic E-state index is -1.29. The monoisotopic (exact) mass is 248 g/mol. The second kappa shape index (κ2) is 5.45. The van der Waals surface area contributed by atoms with Gasteiger partial charge < -0.3 is 21.7 Å². The van der Waals surface area contributed by atoms with Crippen molar-refractivity contribution in [1.82, 2.24) is 0 Å². The number of aliphatic hydroxyl groups is 2. The largest absolute Gasteiger partial charge is 0.396 e. The zero-order valence-corrected chi connectivity index (χ0v) is 9.28. The number of hydrogen-bond donors (Lipinski definition) is 4. The van der Waals surface area contributed by atoms with Gasteiger partial charge in [-0.25, -0.2) is 4.39 Å². The molecule has 6 heteroatoms. The summed E-state index contributed by atoms with van der Waals surface area (Å²) < 4.78 is 13.2. The Balaban J connectivity index is 3.03. The molecule has 1 aromatic carbocycles. The minimum Gasteiger partial charge on any atom is -0.396 e. The lowest BCUT2D eigenvalue weighted by Crippen LogP contribution is -2.22. The lowest BCUT2D eigenvalue weighted by molar-refractivity contribution is 0.0153. The van der Waals surface area contributed by atoms with Gasteiger partial charge in [-0.3, -0.25) is 0 Å². The molecule has 0 fully saturated rings. The Hall–Kier alpha value is -0.880. The van der Waals surface area contributed by atoms with Crippen LogP contribution < -0.4 is 11.5 Å². The molecule has 0 aliphatic rings. The van der Waals surface area contributed by atoms with Crippen molar-refractivity contribution < 1.29 is 14.6 Å². The van der Waals surface area contributed by atoms with Crippen LogP contribution in [0.5, 0.6) is 0 Å². The summed E-state index contributed by atoms with van der Waals surface area (Å²) in [5, 5.41) is 19.4. The van der Waals surface area contributed by atoms with Crippen LogP contribution in [0.15, 0.2) is 12.1 Å². The highest BCUT2D eigenvalue weighted by atomic mass is 35.5. The summed E-state index contributed by atoms with van der Waals surface area (Å²) in [6, 6.07) is 2.37.